The molecule has 22 heavy (non-hydrogen) atoms. The van der Waals surface area contributed by atoms with E-state index in [9.17, 15) is 13.2 Å². The van der Waals surface area contributed by atoms with E-state index in [0.29, 0.717) is 24.0 Å². The molecule has 0 radical (unpaired) electrons. The fourth-order valence-corrected chi connectivity index (χ4v) is 1.55. The molecule has 0 unspecified atom stereocenters. The van der Waals surface area contributed by atoms with E-state index < -0.39 is 11.7 Å². The molecule has 0 aliphatic carbocycles. The fourth-order valence-electron chi connectivity index (χ4n) is 1.55. The van der Waals surface area contributed by atoms with E-state index >= 15 is 0 Å². The van der Waals surface area contributed by atoms with Gasteiger partial charge in [-0.15, -0.1) is 0 Å². The van der Waals surface area contributed by atoms with Crippen LogP contribution in [0.15, 0.2) is 29.3 Å². The number of halogens is 3. The lowest BCUT2D eigenvalue weighted by atomic mass is 10.1. The third-order valence-electron chi connectivity index (χ3n) is 2.77. The quantitative estimate of drug-likeness (QED) is 0.510. The summed E-state index contributed by atoms with van der Waals surface area (Å²) in [6.45, 7) is 5.06. The van der Waals surface area contributed by atoms with Crippen molar-refractivity contribution in [3.05, 3.63) is 35.4 Å². The van der Waals surface area contributed by atoms with Crippen LogP contribution in [0.2, 0.25) is 0 Å². The van der Waals surface area contributed by atoms with Gasteiger partial charge in [-0.05, 0) is 30.5 Å². The van der Waals surface area contributed by atoms with Gasteiger partial charge < -0.3 is 11.1 Å². The molecule has 0 aromatic heterocycles. The minimum Gasteiger partial charge on any atom is -0.370 e. The monoisotopic (exact) mass is 311 g/mol. The van der Waals surface area contributed by atoms with Crippen LogP contribution in [0.25, 0.3) is 0 Å². The maximum Gasteiger partial charge on any atom is 0.416 e. The lowest BCUT2D eigenvalue weighted by molar-refractivity contribution is -0.137. The van der Waals surface area contributed by atoms with Crippen molar-refractivity contribution < 1.29 is 13.2 Å². The lowest BCUT2D eigenvalue weighted by Crippen LogP contribution is -2.32. The average molecular weight is 311 g/mol. The predicted octanol–water partition coefficient (Wildman–Crippen LogP) is 3.01. The number of hydrogen-bond donors (Lipinski definition) is 2. The number of guanidine groups is 1. The molecular formula is C16H20F3N3. The number of nitrogens with two attached hydrogens (primary N) is 1. The zero-order valence-electron chi connectivity index (χ0n) is 12.7. The van der Waals surface area contributed by atoms with Gasteiger partial charge in [0.1, 0.15) is 0 Å². The Labute approximate surface area is 128 Å². The molecule has 0 amide bonds. The second-order valence-electron chi connectivity index (χ2n) is 5.18. The number of hydrogen-bond acceptors (Lipinski definition) is 1. The fraction of sp³-hybridized carbons (Fsp3) is 0.438. The highest BCUT2D eigenvalue weighted by Gasteiger charge is 2.30. The number of nitrogens with zero attached hydrogens (tertiary/aromatic N) is 1. The predicted molar refractivity (Wildman–Crippen MR) is 82.3 cm³/mol. The summed E-state index contributed by atoms with van der Waals surface area (Å²) in [5.41, 5.74) is 5.25. The van der Waals surface area contributed by atoms with Gasteiger partial charge >= 0.3 is 6.18 Å². The highest BCUT2D eigenvalue weighted by molar-refractivity contribution is 5.78. The molecule has 3 N–H and O–H groups in total. The SMILES string of the molecule is CC(C)CCN=C(N)NCC#Cc1cccc(C(F)(F)F)c1. The maximum absolute atomic E-state index is 12.5. The number of aliphatic imine (C=N–C) groups is 1. The Morgan fingerprint density at radius 1 is 1.36 bits per heavy atom. The largest absolute Gasteiger partial charge is 0.416 e. The van der Waals surface area contributed by atoms with Gasteiger partial charge in [0.15, 0.2) is 5.96 Å². The van der Waals surface area contributed by atoms with E-state index in [1.165, 1.54) is 12.1 Å². The van der Waals surface area contributed by atoms with Crippen molar-refractivity contribution in [1.82, 2.24) is 5.32 Å². The van der Waals surface area contributed by atoms with Gasteiger partial charge in [0, 0.05) is 12.1 Å². The summed E-state index contributed by atoms with van der Waals surface area (Å²) >= 11 is 0. The number of benzene rings is 1. The van der Waals surface area contributed by atoms with E-state index in [1.54, 1.807) is 0 Å². The van der Waals surface area contributed by atoms with Crippen LogP contribution < -0.4 is 11.1 Å². The molecule has 0 saturated heterocycles. The van der Waals surface area contributed by atoms with Gasteiger partial charge in [0.2, 0.25) is 0 Å². The lowest BCUT2D eigenvalue weighted by Gasteiger charge is -2.05. The first-order valence-corrected chi connectivity index (χ1v) is 6.99. The second-order valence-corrected chi connectivity index (χ2v) is 5.18. The summed E-state index contributed by atoms with van der Waals surface area (Å²) < 4.78 is 37.6. The molecule has 0 fully saturated rings. The van der Waals surface area contributed by atoms with Crippen molar-refractivity contribution in [2.45, 2.75) is 26.4 Å². The minimum absolute atomic E-state index is 0.229. The van der Waals surface area contributed by atoms with Crippen LogP contribution in [0, 0.1) is 17.8 Å². The van der Waals surface area contributed by atoms with Crippen LogP contribution in [0.1, 0.15) is 31.4 Å². The molecule has 120 valence electrons. The van der Waals surface area contributed by atoms with E-state index in [1.807, 2.05) is 0 Å². The third-order valence-corrected chi connectivity index (χ3v) is 2.77. The zero-order chi connectivity index (χ0) is 16.6. The van der Waals surface area contributed by atoms with Crippen molar-refractivity contribution in [3.63, 3.8) is 0 Å². The summed E-state index contributed by atoms with van der Waals surface area (Å²) in [4.78, 5) is 4.12. The van der Waals surface area contributed by atoms with E-state index in [2.05, 4.69) is 36.0 Å². The van der Waals surface area contributed by atoms with E-state index in [-0.39, 0.29) is 6.54 Å². The molecule has 6 heteroatoms. The van der Waals surface area contributed by atoms with Crippen molar-refractivity contribution in [2.24, 2.45) is 16.6 Å². The highest BCUT2D eigenvalue weighted by Crippen LogP contribution is 2.29. The van der Waals surface area contributed by atoms with Crippen molar-refractivity contribution >= 4 is 5.96 Å². The maximum atomic E-state index is 12.5. The molecule has 0 atom stereocenters. The average Bonchev–Trinajstić information content (AvgIpc) is 2.42. The van der Waals surface area contributed by atoms with Crippen LogP contribution in [0.4, 0.5) is 13.2 Å². The first-order chi connectivity index (χ1) is 10.3. The molecule has 1 rings (SSSR count). The van der Waals surface area contributed by atoms with Crippen molar-refractivity contribution in [3.8, 4) is 11.8 Å². The summed E-state index contributed by atoms with van der Waals surface area (Å²) in [7, 11) is 0. The smallest absolute Gasteiger partial charge is 0.370 e. The molecule has 0 saturated carbocycles. The molecule has 0 aliphatic heterocycles. The zero-order valence-corrected chi connectivity index (χ0v) is 12.7. The van der Waals surface area contributed by atoms with Gasteiger partial charge in [-0.3, -0.25) is 4.99 Å². The summed E-state index contributed by atoms with van der Waals surface area (Å²) in [5.74, 6) is 6.23. The van der Waals surface area contributed by atoms with Crippen LogP contribution >= 0.6 is 0 Å². The number of rotatable bonds is 4. The van der Waals surface area contributed by atoms with Crippen LogP contribution in [0.5, 0.6) is 0 Å². The van der Waals surface area contributed by atoms with Gasteiger partial charge in [-0.25, -0.2) is 0 Å². The Hall–Kier alpha value is -2.16. The highest BCUT2D eigenvalue weighted by atomic mass is 19.4. The summed E-state index contributed by atoms with van der Waals surface area (Å²) in [5, 5.41) is 2.80. The molecular weight excluding hydrogens is 291 g/mol. The van der Waals surface area contributed by atoms with Gasteiger partial charge in [0.25, 0.3) is 0 Å². The van der Waals surface area contributed by atoms with Gasteiger partial charge in [-0.2, -0.15) is 13.2 Å². The van der Waals surface area contributed by atoms with Crippen molar-refractivity contribution in [1.29, 1.82) is 0 Å². The van der Waals surface area contributed by atoms with Crippen molar-refractivity contribution in [2.75, 3.05) is 13.1 Å². The Balaban J connectivity index is 2.51. The minimum atomic E-state index is -4.36. The molecule has 1 aromatic rings. The Morgan fingerprint density at radius 3 is 2.73 bits per heavy atom. The number of nitrogens with one attached hydrogen (secondary N) is 1. The second kappa shape index (κ2) is 8.32. The molecule has 0 aliphatic rings. The summed E-state index contributed by atoms with van der Waals surface area (Å²) in [6, 6.07) is 4.90. The van der Waals surface area contributed by atoms with Gasteiger partial charge in [0.05, 0.1) is 12.1 Å². The molecule has 0 bridgehead atoms. The van der Waals surface area contributed by atoms with Crippen LogP contribution in [-0.4, -0.2) is 19.0 Å². The number of alkyl halides is 3. The van der Waals surface area contributed by atoms with Gasteiger partial charge in [-0.1, -0.05) is 31.8 Å². The summed E-state index contributed by atoms with van der Waals surface area (Å²) in [6.07, 6.45) is -3.41. The van der Waals surface area contributed by atoms with E-state index in [0.717, 1.165) is 18.6 Å². The molecule has 0 spiro atoms. The Morgan fingerprint density at radius 2 is 2.09 bits per heavy atom. The molecule has 1 aromatic carbocycles. The van der Waals surface area contributed by atoms with Crippen LogP contribution in [0.3, 0.4) is 0 Å². The Bertz CT molecular complexity index is 566. The van der Waals surface area contributed by atoms with Crippen LogP contribution in [-0.2, 0) is 6.18 Å². The third kappa shape index (κ3) is 7.02. The normalized spacial score (nSPS) is 12.0. The molecule has 3 nitrogen and oxygen atoms in total. The first kappa shape index (κ1) is 17.9. The topological polar surface area (TPSA) is 50.4 Å². The standard InChI is InChI=1S/C16H20F3N3/c1-12(2)8-10-22-15(20)21-9-4-6-13-5-3-7-14(11-13)16(17,18)19/h3,5,7,11-12H,8-10H2,1-2H3,(H3,20,21,22). The van der Waals surface area contributed by atoms with E-state index in [4.69, 9.17) is 5.73 Å². The molecule has 0 heterocycles. The Kier molecular flexibility index (Phi) is 6.77. The first-order valence-electron chi connectivity index (χ1n) is 6.99.